The molecule has 4 nitrogen and oxygen atoms in total. The van der Waals surface area contributed by atoms with E-state index < -0.39 is 6.10 Å². The molecule has 1 aliphatic heterocycles. The van der Waals surface area contributed by atoms with Crippen LogP contribution in [-0.2, 0) is 0 Å². The molecule has 1 heterocycles. The van der Waals surface area contributed by atoms with Crippen LogP contribution in [0.2, 0.25) is 0 Å². The van der Waals surface area contributed by atoms with Gasteiger partial charge in [-0.2, -0.15) is 0 Å². The normalized spacial score (nSPS) is 16.9. The summed E-state index contributed by atoms with van der Waals surface area (Å²) in [5, 5.41) is 19.7. The average Bonchev–Trinajstić information content (AvgIpc) is 2.28. The maximum Gasteiger partial charge on any atom is 0.139 e. The third-order valence-electron chi connectivity index (χ3n) is 2.87. The van der Waals surface area contributed by atoms with E-state index in [1.54, 1.807) is 12.1 Å². The van der Waals surface area contributed by atoms with Gasteiger partial charge in [0.2, 0.25) is 0 Å². The van der Waals surface area contributed by atoms with E-state index in [-0.39, 0.29) is 5.75 Å². The van der Waals surface area contributed by atoms with Crippen molar-refractivity contribution in [3.8, 4) is 17.2 Å². The number of phenolic OH excluding ortho intramolecular Hbond substituents is 1. The number of anilines is 1. The van der Waals surface area contributed by atoms with Gasteiger partial charge in [0.1, 0.15) is 23.4 Å². The topological polar surface area (TPSA) is 75.7 Å². The lowest BCUT2D eigenvalue weighted by atomic mass is 9.95. The Hall–Kier alpha value is -2.20. The number of rotatable bonds is 0. The molecule has 0 saturated heterocycles. The first-order chi connectivity index (χ1) is 8.16. The van der Waals surface area contributed by atoms with E-state index in [9.17, 15) is 10.2 Å². The molecule has 0 amide bonds. The molecule has 0 fully saturated rings. The van der Waals surface area contributed by atoms with Crippen LogP contribution in [-0.4, -0.2) is 10.2 Å². The molecular weight excluding hydrogens is 218 g/mol. The van der Waals surface area contributed by atoms with Crippen molar-refractivity contribution >= 4 is 5.69 Å². The van der Waals surface area contributed by atoms with Gasteiger partial charge in [-0.15, -0.1) is 0 Å². The number of benzene rings is 2. The van der Waals surface area contributed by atoms with Crippen LogP contribution in [0.1, 0.15) is 17.2 Å². The predicted octanol–water partition coefficient (Wildman–Crippen LogP) is 2.16. The fourth-order valence-electron chi connectivity index (χ4n) is 2.08. The van der Waals surface area contributed by atoms with Gasteiger partial charge in [0, 0.05) is 23.4 Å². The summed E-state index contributed by atoms with van der Waals surface area (Å²) in [7, 11) is 0. The molecule has 1 atom stereocenters. The Kier molecular flexibility index (Phi) is 2.00. The predicted molar refractivity (Wildman–Crippen MR) is 63.1 cm³/mol. The van der Waals surface area contributed by atoms with Crippen molar-refractivity contribution in [1.29, 1.82) is 0 Å². The van der Waals surface area contributed by atoms with Crippen molar-refractivity contribution in [2.75, 3.05) is 5.73 Å². The fraction of sp³-hybridized carbons (Fsp3) is 0.0769. The summed E-state index contributed by atoms with van der Waals surface area (Å²) in [5.74, 6) is 0.999. The molecule has 0 bridgehead atoms. The SMILES string of the molecule is Nc1cc(O)cc2c1C(O)c1ccccc1O2. The molecule has 4 heteroatoms. The molecule has 86 valence electrons. The van der Waals surface area contributed by atoms with E-state index >= 15 is 0 Å². The Morgan fingerprint density at radius 3 is 2.71 bits per heavy atom. The molecule has 1 unspecified atom stereocenters. The smallest absolute Gasteiger partial charge is 0.139 e. The van der Waals surface area contributed by atoms with E-state index in [0.717, 1.165) is 0 Å². The van der Waals surface area contributed by atoms with Crippen LogP contribution < -0.4 is 10.5 Å². The van der Waals surface area contributed by atoms with Gasteiger partial charge in [0.15, 0.2) is 0 Å². The lowest BCUT2D eigenvalue weighted by molar-refractivity contribution is 0.203. The minimum Gasteiger partial charge on any atom is -0.508 e. The molecule has 17 heavy (non-hydrogen) atoms. The number of fused-ring (bicyclic) bond motifs is 2. The van der Waals surface area contributed by atoms with Gasteiger partial charge < -0.3 is 20.7 Å². The highest BCUT2D eigenvalue weighted by Gasteiger charge is 2.27. The van der Waals surface area contributed by atoms with E-state index in [1.807, 2.05) is 12.1 Å². The van der Waals surface area contributed by atoms with Crippen LogP contribution in [0.15, 0.2) is 36.4 Å². The highest BCUT2D eigenvalue weighted by atomic mass is 16.5. The summed E-state index contributed by atoms with van der Waals surface area (Å²) in [5.41, 5.74) is 7.29. The number of aliphatic hydroxyl groups excluding tert-OH is 1. The Morgan fingerprint density at radius 2 is 1.88 bits per heavy atom. The number of phenols is 1. The minimum atomic E-state index is -0.824. The maximum absolute atomic E-state index is 10.2. The maximum atomic E-state index is 10.2. The van der Waals surface area contributed by atoms with E-state index in [4.69, 9.17) is 10.5 Å². The van der Waals surface area contributed by atoms with Gasteiger partial charge in [-0.1, -0.05) is 18.2 Å². The second-order valence-electron chi connectivity index (χ2n) is 3.99. The minimum absolute atomic E-state index is 0.0211. The largest absolute Gasteiger partial charge is 0.508 e. The summed E-state index contributed by atoms with van der Waals surface area (Å²) >= 11 is 0. The zero-order valence-corrected chi connectivity index (χ0v) is 8.92. The van der Waals surface area contributed by atoms with E-state index in [1.165, 1.54) is 12.1 Å². The number of nitrogens with two attached hydrogens (primary N) is 1. The van der Waals surface area contributed by atoms with Crippen molar-refractivity contribution in [2.45, 2.75) is 6.10 Å². The van der Waals surface area contributed by atoms with Crippen molar-refractivity contribution in [1.82, 2.24) is 0 Å². The van der Waals surface area contributed by atoms with Gasteiger partial charge in [-0.25, -0.2) is 0 Å². The molecule has 0 saturated carbocycles. The van der Waals surface area contributed by atoms with Crippen LogP contribution in [0.4, 0.5) is 5.69 Å². The van der Waals surface area contributed by atoms with Crippen molar-refractivity contribution in [3.63, 3.8) is 0 Å². The van der Waals surface area contributed by atoms with Crippen LogP contribution in [0.25, 0.3) is 0 Å². The van der Waals surface area contributed by atoms with Crippen LogP contribution in [0.5, 0.6) is 17.2 Å². The lowest BCUT2D eigenvalue weighted by Gasteiger charge is -2.25. The number of ether oxygens (including phenoxy) is 1. The van der Waals surface area contributed by atoms with Crippen molar-refractivity contribution in [2.24, 2.45) is 0 Å². The quantitative estimate of drug-likeness (QED) is 0.605. The Bertz CT molecular complexity index is 595. The summed E-state index contributed by atoms with van der Waals surface area (Å²) in [6.07, 6.45) is -0.824. The molecule has 2 aromatic carbocycles. The number of nitrogen functional groups attached to an aromatic ring is 1. The molecule has 0 aliphatic carbocycles. The molecule has 0 radical (unpaired) electrons. The summed E-state index contributed by atoms with van der Waals surface area (Å²) in [4.78, 5) is 0. The van der Waals surface area contributed by atoms with Gasteiger partial charge in [0.05, 0.1) is 5.56 Å². The third kappa shape index (κ3) is 1.42. The molecule has 1 aliphatic rings. The zero-order valence-electron chi connectivity index (χ0n) is 8.92. The molecular formula is C13H11NO3. The zero-order chi connectivity index (χ0) is 12.0. The average molecular weight is 229 g/mol. The fourth-order valence-corrected chi connectivity index (χ4v) is 2.08. The number of aliphatic hydroxyl groups is 1. The third-order valence-corrected chi connectivity index (χ3v) is 2.87. The number of aromatic hydroxyl groups is 1. The standard InChI is InChI=1S/C13H11NO3/c14-9-5-7(15)6-11-12(9)13(16)8-3-1-2-4-10(8)17-11/h1-6,13,15-16H,14H2. The molecule has 3 rings (SSSR count). The lowest BCUT2D eigenvalue weighted by Crippen LogP contribution is -2.11. The summed E-state index contributed by atoms with van der Waals surface area (Å²) in [6.45, 7) is 0. The van der Waals surface area contributed by atoms with Crippen LogP contribution in [0.3, 0.4) is 0 Å². The van der Waals surface area contributed by atoms with E-state index in [2.05, 4.69) is 0 Å². The first kappa shape index (κ1) is 9.99. The van der Waals surface area contributed by atoms with Gasteiger partial charge in [-0.3, -0.25) is 0 Å². The second kappa shape index (κ2) is 3.40. The molecule has 2 aromatic rings. The second-order valence-corrected chi connectivity index (χ2v) is 3.99. The highest BCUT2D eigenvalue weighted by Crippen LogP contribution is 2.46. The first-order valence-corrected chi connectivity index (χ1v) is 5.24. The first-order valence-electron chi connectivity index (χ1n) is 5.24. The van der Waals surface area contributed by atoms with Crippen molar-refractivity contribution in [3.05, 3.63) is 47.5 Å². The molecule has 0 aromatic heterocycles. The summed E-state index contributed by atoms with van der Waals surface area (Å²) < 4.78 is 5.61. The van der Waals surface area contributed by atoms with Crippen molar-refractivity contribution < 1.29 is 14.9 Å². The number of hydrogen-bond acceptors (Lipinski definition) is 4. The molecule has 4 N–H and O–H groups in total. The van der Waals surface area contributed by atoms with Crippen LogP contribution in [0, 0.1) is 0 Å². The Balaban J connectivity index is 2.23. The number of hydrogen-bond donors (Lipinski definition) is 3. The van der Waals surface area contributed by atoms with Crippen LogP contribution >= 0.6 is 0 Å². The Labute approximate surface area is 97.9 Å². The summed E-state index contributed by atoms with van der Waals surface area (Å²) in [6, 6.07) is 10.1. The number of para-hydroxylation sites is 1. The van der Waals surface area contributed by atoms with E-state index in [0.29, 0.717) is 28.3 Å². The van der Waals surface area contributed by atoms with Gasteiger partial charge in [-0.05, 0) is 6.07 Å². The highest BCUT2D eigenvalue weighted by molar-refractivity contribution is 5.65. The van der Waals surface area contributed by atoms with Gasteiger partial charge in [0.25, 0.3) is 0 Å². The monoisotopic (exact) mass is 229 g/mol. The Morgan fingerprint density at radius 1 is 1.12 bits per heavy atom. The molecule has 0 spiro atoms. The van der Waals surface area contributed by atoms with Gasteiger partial charge >= 0.3 is 0 Å².